The minimum absolute atomic E-state index is 0.502. The molecule has 0 radical (unpaired) electrons. The van der Waals surface area contributed by atoms with Gasteiger partial charge in [0.15, 0.2) is 5.82 Å². The second kappa shape index (κ2) is 6.47. The molecule has 23 heavy (non-hydrogen) atoms. The van der Waals surface area contributed by atoms with Crippen LogP contribution in [-0.4, -0.2) is 29.5 Å². The Morgan fingerprint density at radius 1 is 1.04 bits per heavy atom. The highest BCUT2D eigenvalue weighted by Crippen LogP contribution is 2.20. The van der Waals surface area contributed by atoms with E-state index in [0.29, 0.717) is 23.8 Å². The summed E-state index contributed by atoms with van der Waals surface area (Å²) in [6.45, 7) is 5.74. The van der Waals surface area contributed by atoms with Gasteiger partial charge in [-0.15, -0.1) is 0 Å². The number of aromatic nitrogens is 6. The van der Waals surface area contributed by atoms with Crippen LogP contribution in [0.3, 0.4) is 0 Å². The molecule has 0 bridgehead atoms. The van der Waals surface area contributed by atoms with Crippen LogP contribution in [-0.2, 0) is 19.5 Å². The van der Waals surface area contributed by atoms with Crippen molar-refractivity contribution in [2.75, 3.05) is 11.1 Å². The first kappa shape index (κ1) is 15.0. The minimum atomic E-state index is 0.502. The predicted octanol–water partition coefficient (Wildman–Crippen LogP) is 1.83. The van der Waals surface area contributed by atoms with E-state index >= 15 is 0 Å². The van der Waals surface area contributed by atoms with Crippen LogP contribution >= 0.6 is 0 Å². The molecular formula is C15H20N8. The van der Waals surface area contributed by atoms with Crippen LogP contribution in [0.25, 0.3) is 0 Å². The molecule has 0 amide bonds. The van der Waals surface area contributed by atoms with E-state index in [9.17, 15) is 0 Å². The second-order valence-corrected chi connectivity index (χ2v) is 5.18. The van der Waals surface area contributed by atoms with Gasteiger partial charge in [-0.25, -0.2) is 9.97 Å². The fraction of sp³-hybridized carbons (Fsp3) is 0.333. The van der Waals surface area contributed by atoms with Gasteiger partial charge in [0.05, 0.1) is 30.0 Å². The monoisotopic (exact) mass is 312 g/mol. The summed E-state index contributed by atoms with van der Waals surface area (Å²) in [5, 5.41) is 11.7. The van der Waals surface area contributed by atoms with E-state index in [1.54, 1.807) is 12.4 Å². The molecular weight excluding hydrogens is 292 g/mol. The molecule has 120 valence electrons. The summed E-state index contributed by atoms with van der Waals surface area (Å²) in [5.74, 6) is 1.29. The van der Waals surface area contributed by atoms with Crippen molar-refractivity contribution in [3.05, 3.63) is 42.4 Å². The summed E-state index contributed by atoms with van der Waals surface area (Å²) in [6.07, 6.45) is 9.73. The molecule has 0 saturated heterocycles. The average molecular weight is 312 g/mol. The van der Waals surface area contributed by atoms with Crippen molar-refractivity contribution in [2.24, 2.45) is 0 Å². The van der Waals surface area contributed by atoms with E-state index in [-0.39, 0.29) is 0 Å². The average Bonchev–Trinajstić information content (AvgIpc) is 3.19. The quantitative estimate of drug-likeness (QED) is 0.720. The van der Waals surface area contributed by atoms with Crippen molar-refractivity contribution in [1.29, 1.82) is 0 Å². The number of rotatable bonds is 6. The zero-order valence-corrected chi connectivity index (χ0v) is 13.3. The zero-order chi connectivity index (χ0) is 16.2. The Kier molecular flexibility index (Phi) is 4.22. The Balaban J connectivity index is 1.78. The number of nitrogens with two attached hydrogens (primary N) is 1. The third kappa shape index (κ3) is 3.47. The van der Waals surface area contributed by atoms with Gasteiger partial charge in [0.1, 0.15) is 5.82 Å². The lowest BCUT2D eigenvalue weighted by atomic mass is 10.2. The van der Waals surface area contributed by atoms with Crippen LogP contribution in [0.15, 0.2) is 31.0 Å². The van der Waals surface area contributed by atoms with E-state index < -0.39 is 0 Å². The van der Waals surface area contributed by atoms with Gasteiger partial charge in [0, 0.05) is 31.9 Å². The first-order valence-electron chi connectivity index (χ1n) is 7.60. The Morgan fingerprint density at radius 2 is 1.78 bits per heavy atom. The molecule has 0 aromatic carbocycles. The van der Waals surface area contributed by atoms with E-state index in [1.807, 2.05) is 34.9 Å². The van der Waals surface area contributed by atoms with Crippen LogP contribution < -0.4 is 11.1 Å². The fourth-order valence-corrected chi connectivity index (χ4v) is 2.20. The number of nitrogens with zero attached hydrogens (tertiary/aromatic N) is 6. The molecule has 8 heteroatoms. The largest absolute Gasteiger partial charge is 0.394 e. The summed E-state index contributed by atoms with van der Waals surface area (Å²) in [5.41, 5.74) is 8.39. The van der Waals surface area contributed by atoms with Crippen molar-refractivity contribution in [3.8, 4) is 0 Å². The number of nitrogen functional groups attached to an aromatic ring is 1. The molecule has 3 aromatic rings. The van der Waals surface area contributed by atoms with Crippen molar-refractivity contribution in [1.82, 2.24) is 29.5 Å². The number of nitrogens with one attached hydrogen (secondary N) is 1. The molecule has 0 aliphatic heterocycles. The van der Waals surface area contributed by atoms with Gasteiger partial charge in [-0.3, -0.25) is 9.36 Å². The topological polar surface area (TPSA) is 99.5 Å². The maximum Gasteiger partial charge on any atom is 0.157 e. The molecule has 3 rings (SSSR count). The Bertz CT molecular complexity index is 788. The number of hydrogen-bond donors (Lipinski definition) is 2. The summed E-state index contributed by atoms with van der Waals surface area (Å²) < 4.78 is 3.71. The lowest BCUT2D eigenvalue weighted by Gasteiger charge is -2.07. The van der Waals surface area contributed by atoms with Gasteiger partial charge in [-0.05, 0) is 19.4 Å². The van der Waals surface area contributed by atoms with Crippen LogP contribution in [0.4, 0.5) is 17.2 Å². The van der Waals surface area contributed by atoms with E-state index in [1.165, 1.54) is 0 Å². The molecule has 3 aromatic heterocycles. The van der Waals surface area contributed by atoms with Crippen molar-refractivity contribution < 1.29 is 0 Å². The summed E-state index contributed by atoms with van der Waals surface area (Å²) in [7, 11) is 0. The molecule has 0 saturated carbocycles. The van der Waals surface area contributed by atoms with Gasteiger partial charge in [-0.1, -0.05) is 0 Å². The first-order valence-corrected chi connectivity index (χ1v) is 7.60. The highest BCUT2D eigenvalue weighted by Gasteiger charge is 2.08. The van der Waals surface area contributed by atoms with Gasteiger partial charge < -0.3 is 11.1 Å². The van der Waals surface area contributed by atoms with E-state index in [4.69, 9.17) is 5.73 Å². The van der Waals surface area contributed by atoms with E-state index in [2.05, 4.69) is 32.4 Å². The molecule has 3 heterocycles. The smallest absolute Gasteiger partial charge is 0.157 e. The second-order valence-electron chi connectivity index (χ2n) is 5.18. The lowest BCUT2D eigenvalue weighted by Crippen LogP contribution is -2.04. The van der Waals surface area contributed by atoms with Crippen molar-refractivity contribution >= 4 is 17.2 Å². The highest BCUT2D eigenvalue weighted by atomic mass is 15.3. The van der Waals surface area contributed by atoms with Crippen LogP contribution in [0.5, 0.6) is 0 Å². The van der Waals surface area contributed by atoms with Gasteiger partial charge >= 0.3 is 0 Å². The maximum absolute atomic E-state index is 5.96. The summed E-state index contributed by atoms with van der Waals surface area (Å²) >= 11 is 0. The Labute approximate surface area is 134 Å². The molecule has 0 aliphatic rings. The normalized spacial score (nSPS) is 10.9. The SMILES string of the molecule is CCn1cc(Cc2ncc(N)c(Nc3cnn(CC)c3)n2)cn1. The van der Waals surface area contributed by atoms with Crippen LogP contribution in [0.1, 0.15) is 25.2 Å². The molecule has 0 atom stereocenters. The maximum atomic E-state index is 5.96. The Hall–Kier alpha value is -2.90. The van der Waals surface area contributed by atoms with Crippen molar-refractivity contribution in [2.45, 2.75) is 33.4 Å². The summed E-state index contributed by atoms with van der Waals surface area (Å²) in [4.78, 5) is 8.81. The lowest BCUT2D eigenvalue weighted by molar-refractivity contribution is 0.659. The number of aryl methyl sites for hydroxylation is 2. The zero-order valence-electron chi connectivity index (χ0n) is 13.3. The third-order valence-electron chi connectivity index (χ3n) is 3.46. The number of anilines is 3. The minimum Gasteiger partial charge on any atom is -0.394 e. The molecule has 0 fully saturated rings. The van der Waals surface area contributed by atoms with E-state index in [0.717, 1.165) is 24.3 Å². The van der Waals surface area contributed by atoms with Gasteiger partial charge in [0.25, 0.3) is 0 Å². The highest BCUT2D eigenvalue weighted by molar-refractivity contribution is 5.67. The number of hydrogen-bond acceptors (Lipinski definition) is 6. The predicted molar refractivity (Wildman–Crippen MR) is 88.3 cm³/mol. The first-order chi connectivity index (χ1) is 11.2. The summed E-state index contributed by atoms with van der Waals surface area (Å²) in [6, 6.07) is 0. The molecule has 8 nitrogen and oxygen atoms in total. The van der Waals surface area contributed by atoms with Crippen molar-refractivity contribution in [3.63, 3.8) is 0 Å². The molecule has 0 aliphatic carbocycles. The van der Waals surface area contributed by atoms with Gasteiger partial charge in [0.2, 0.25) is 0 Å². The third-order valence-corrected chi connectivity index (χ3v) is 3.46. The van der Waals surface area contributed by atoms with Gasteiger partial charge in [-0.2, -0.15) is 10.2 Å². The van der Waals surface area contributed by atoms with Crippen LogP contribution in [0, 0.1) is 0 Å². The molecule has 0 unspecified atom stereocenters. The Morgan fingerprint density at radius 3 is 2.48 bits per heavy atom. The van der Waals surface area contributed by atoms with Crippen LogP contribution in [0.2, 0.25) is 0 Å². The fourth-order valence-electron chi connectivity index (χ4n) is 2.20. The molecule has 3 N–H and O–H groups in total. The standard InChI is InChI=1S/C15H20N8/c1-3-22-9-11(6-18-22)5-14-17-8-13(16)15(21-14)20-12-7-19-23(4-2)10-12/h6-10H,3-5,16H2,1-2H3,(H,17,20,21). The molecule has 0 spiro atoms.